The number of hydrogen-bond donors (Lipinski definition) is 1. The van der Waals surface area contributed by atoms with Gasteiger partial charge >= 0.3 is 5.97 Å². The van der Waals surface area contributed by atoms with E-state index in [4.69, 9.17) is 19.2 Å². The zero-order chi connectivity index (χ0) is 27.2. The Hall–Kier alpha value is -3.72. The van der Waals surface area contributed by atoms with E-state index >= 15 is 0 Å². The van der Waals surface area contributed by atoms with Gasteiger partial charge in [0.25, 0.3) is 0 Å². The zero-order valence-corrected chi connectivity index (χ0v) is 23.1. The first-order valence-corrected chi connectivity index (χ1v) is 13.4. The molecule has 0 aliphatic carbocycles. The quantitative estimate of drug-likeness (QED) is 0.421. The summed E-state index contributed by atoms with van der Waals surface area (Å²) in [6.45, 7) is 6.66. The van der Waals surface area contributed by atoms with Crippen molar-refractivity contribution in [3.8, 4) is 11.5 Å². The maximum absolute atomic E-state index is 13.7. The lowest BCUT2D eigenvalue weighted by Gasteiger charge is -2.37. The van der Waals surface area contributed by atoms with Crippen molar-refractivity contribution < 1.29 is 23.8 Å². The summed E-state index contributed by atoms with van der Waals surface area (Å²) in [5, 5.41) is 5.57. The van der Waals surface area contributed by atoms with Crippen LogP contribution in [0.2, 0.25) is 0 Å². The number of rotatable bonds is 10. The van der Waals surface area contributed by atoms with Gasteiger partial charge in [0, 0.05) is 23.4 Å². The average molecular weight is 536 g/mol. The second-order valence-corrected chi connectivity index (χ2v) is 10.0. The molecule has 2 aliphatic rings. The van der Waals surface area contributed by atoms with Crippen LogP contribution in [-0.2, 0) is 14.3 Å². The number of amides is 1. The number of carbonyl (C=O) groups is 2. The highest BCUT2D eigenvalue weighted by molar-refractivity contribution is 8.16. The maximum Gasteiger partial charge on any atom is 0.338 e. The SMILES string of the molecule is CCOC(=O)C1=C(c2ccccc2)N=C2SC=C(CC(=O)NCC(C)C)N2[C@H]1c1cccc(OC)c1OC. The van der Waals surface area contributed by atoms with E-state index in [2.05, 4.69) is 5.32 Å². The number of esters is 1. The number of hydrogen-bond acceptors (Lipinski definition) is 8. The Morgan fingerprint density at radius 2 is 1.84 bits per heavy atom. The van der Waals surface area contributed by atoms with E-state index in [0.29, 0.717) is 46.0 Å². The van der Waals surface area contributed by atoms with E-state index in [9.17, 15) is 9.59 Å². The summed E-state index contributed by atoms with van der Waals surface area (Å²) in [4.78, 5) is 33.4. The molecule has 0 fully saturated rings. The summed E-state index contributed by atoms with van der Waals surface area (Å²) in [6.07, 6.45) is 0.137. The molecular weight excluding hydrogens is 502 g/mol. The molecular formula is C29H33N3O5S. The standard InChI is InChI=1S/C29H33N3O5S/c1-6-37-28(34)24-25(19-11-8-7-9-12-19)31-29-32(20(17-38-29)15-23(33)30-16-18(2)3)26(24)21-13-10-14-22(35-4)27(21)36-5/h7-14,17-18,26H,6,15-16H2,1-5H3,(H,30,33)/t26-/m0/s1. The van der Waals surface area contributed by atoms with Crippen molar-refractivity contribution in [1.82, 2.24) is 10.2 Å². The first-order valence-electron chi connectivity index (χ1n) is 12.6. The lowest BCUT2D eigenvalue weighted by Crippen LogP contribution is -2.38. The predicted molar refractivity (Wildman–Crippen MR) is 150 cm³/mol. The van der Waals surface area contributed by atoms with Gasteiger partial charge in [-0.15, -0.1) is 0 Å². The molecule has 0 bridgehead atoms. The van der Waals surface area contributed by atoms with Gasteiger partial charge in [0.1, 0.15) is 0 Å². The molecule has 9 heteroatoms. The van der Waals surface area contributed by atoms with Crippen molar-refractivity contribution in [1.29, 1.82) is 0 Å². The van der Waals surface area contributed by atoms with E-state index < -0.39 is 12.0 Å². The van der Waals surface area contributed by atoms with E-state index in [1.807, 2.05) is 66.6 Å². The topological polar surface area (TPSA) is 89.5 Å². The van der Waals surface area contributed by atoms with Gasteiger partial charge in [0.15, 0.2) is 16.7 Å². The lowest BCUT2D eigenvalue weighted by molar-refractivity contribution is -0.139. The van der Waals surface area contributed by atoms with Crippen molar-refractivity contribution in [2.24, 2.45) is 10.9 Å². The number of thioether (sulfide) groups is 1. The molecule has 1 atom stereocenters. The monoisotopic (exact) mass is 535 g/mol. The number of aliphatic imine (C=N–C) groups is 1. The van der Waals surface area contributed by atoms with Crippen LogP contribution < -0.4 is 14.8 Å². The first-order chi connectivity index (χ1) is 18.4. The molecule has 0 spiro atoms. The number of amidine groups is 1. The molecule has 1 amide bonds. The molecule has 0 saturated heterocycles. The molecule has 38 heavy (non-hydrogen) atoms. The average Bonchev–Trinajstić information content (AvgIpc) is 3.33. The van der Waals surface area contributed by atoms with Crippen molar-refractivity contribution in [2.45, 2.75) is 33.2 Å². The summed E-state index contributed by atoms with van der Waals surface area (Å²) in [5.74, 6) is 0.781. The fourth-order valence-corrected chi connectivity index (χ4v) is 5.37. The Bertz CT molecular complexity index is 1290. The molecule has 1 N–H and O–H groups in total. The minimum Gasteiger partial charge on any atom is -0.493 e. The van der Waals surface area contributed by atoms with Gasteiger partial charge in [-0.3, -0.25) is 4.79 Å². The molecule has 200 valence electrons. The molecule has 2 aromatic rings. The smallest absolute Gasteiger partial charge is 0.338 e. The Morgan fingerprint density at radius 3 is 2.50 bits per heavy atom. The van der Waals surface area contributed by atoms with Crippen LogP contribution in [0.1, 0.15) is 44.4 Å². The van der Waals surface area contributed by atoms with Crippen LogP contribution in [0.25, 0.3) is 5.70 Å². The Balaban J connectivity index is 1.91. The molecule has 0 unspecified atom stereocenters. The normalized spacial score (nSPS) is 16.6. The summed E-state index contributed by atoms with van der Waals surface area (Å²) >= 11 is 1.42. The molecule has 4 rings (SSSR count). The molecule has 0 saturated carbocycles. The number of nitrogens with zero attached hydrogens (tertiary/aromatic N) is 2. The van der Waals surface area contributed by atoms with E-state index in [0.717, 1.165) is 11.3 Å². The Kier molecular flexibility index (Phi) is 8.78. The minimum atomic E-state index is -0.666. The van der Waals surface area contributed by atoms with Crippen LogP contribution in [0, 0.1) is 5.92 Å². The van der Waals surface area contributed by atoms with Gasteiger partial charge < -0.3 is 24.4 Å². The molecule has 2 heterocycles. The third-order valence-electron chi connectivity index (χ3n) is 6.13. The van der Waals surface area contributed by atoms with E-state index in [1.165, 1.54) is 11.8 Å². The highest BCUT2D eigenvalue weighted by Crippen LogP contribution is 2.50. The maximum atomic E-state index is 13.7. The van der Waals surface area contributed by atoms with Gasteiger partial charge in [-0.1, -0.05) is 68.1 Å². The summed E-state index contributed by atoms with van der Waals surface area (Å²) in [5.41, 5.74) is 3.12. The number of fused-ring (bicyclic) bond motifs is 1. The van der Waals surface area contributed by atoms with Crippen molar-refractivity contribution in [3.63, 3.8) is 0 Å². The second kappa shape index (κ2) is 12.2. The van der Waals surface area contributed by atoms with Gasteiger partial charge in [-0.2, -0.15) is 0 Å². The number of benzene rings is 2. The van der Waals surface area contributed by atoms with E-state index in [-0.39, 0.29) is 18.9 Å². The number of carbonyl (C=O) groups excluding carboxylic acids is 2. The van der Waals surface area contributed by atoms with Crippen molar-refractivity contribution in [3.05, 3.63) is 76.3 Å². The van der Waals surface area contributed by atoms with Crippen molar-refractivity contribution in [2.75, 3.05) is 27.4 Å². The van der Waals surface area contributed by atoms with Gasteiger partial charge in [0.05, 0.1) is 44.6 Å². The highest BCUT2D eigenvalue weighted by Gasteiger charge is 2.43. The number of nitrogens with one attached hydrogen (secondary N) is 1. The summed E-state index contributed by atoms with van der Waals surface area (Å²) in [7, 11) is 3.14. The van der Waals surface area contributed by atoms with E-state index in [1.54, 1.807) is 27.2 Å². The summed E-state index contributed by atoms with van der Waals surface area (Å²) < 4.78 is 17.0. The molecule has 8 nitrogen and oxygen atoms in total. The van der Waals surface area contributed by atoms with Crippen LogP contribution in [0.15, 0.2) is 70.2 Å². The predicted octanol–water partition coefficient (Wildman–Crippen LogP) is 5.14. The van der Waals surface area contributed by atoms with Gasteiger partial charge in [0.2, 0.25) is 5.91 Å². The third-order valence-corrected chi connectivity index (χ3v) is 7.02. The van der Waals surface area contributed by atoms with Gasteiger partial charge in [-0.05, 0) is 24.3 Å². The fourth-order valence-electron chi connectivity index (χ4n) is 4.46. The molecule has 0 aromatic heterocycles. The molecule has 2 aliphatic heterocycles. The Morgan fingerprint density at radius 1 is 1.08 bits per heavy atom. The number of para-hydroxylation sites is 1. The fraction of sp³-hybridized carbons (Fsp3) is 0.345. The minimum absolute atomic E-state index is 0.0984. The highest BCUT2D eigenvalue weighted by atomic mass is 32.2. The first kappa shape index (κ1) is 27.3. The van der Waals surface area contributed by atoms with Crippen LogP contribution in [0.4, 0.5) is 0 Å². The van der Waals surface area contributed by atoms with Crippen molar-refractivity contribution >= 4 is 34.5 Å². The second-order valence-electron chi connectivity index (χ2n) is 9.20. The van der Waals surface area contributed by atoms with Gasteiger partial charge in [-0.25, -0.2) is 9.79 Å². The lowest BCUT2D eigenvalue weighted by atomic mass is 9.90. The largest absolute Gasteiger partial charge is 0.493 e. The van der Waals surface area contributed by atoms with Crippen LogP contribution in [0.3, 0.4) is 0 Å². The zero-order valence-electron chi connectivity index (χ0n) is 22.3. The van der Waals surface area contributed by atoms with Crippen LogP contribution in [-0.4, -0.2) is 49.3 Å². The molecule has 2 aromatic carbocycles. The summed E-state index contributed by atoms with van der Waals surface area (Å²) in [6, 6.07) is 14.5. The Labute approximate surface area is 227 Å². The number of ether oxygens (including phenoxy) is 3. The van der Waals surface area contributed by atoms with Crippen LogP contribution >= 0.6 is 11.8 Å². The number of methoxy groups -OCH3 is 2. The van der Waals surface area contributed by atoms with Crippen LogP contribution in [0.5, 0.6) is 11.5 Å². The molecule has 0 radical (unpaired) electrons. The third kappa shape index (κ3) is 5.57.